The number of amides is 1. The molecule has 5 rings (SSSR count). The fourth-order valence-electron chi connectivity index (χ4n) is 4.98. The summed E-state index contributed by atoms with van der Waals surface area (Å²) in [5, 5.41) is 11.7. The van der Waals surface area contributed by atoms with Crippen LogP contribution in [0.4, 0.5) is 17.5 Å². The predicted molar refractivity (Wildman–Crippen MR) is 144 cm³/mol. The normalized spacial score (nSPS) is 20.5. The molecule has 1 saturated heterocycles. The van der Waals surface area contributed by atoms with Crippen LogP contribution in [0.3, 0.4) is 0 Å². The third-order valence-electron chi connectivity index (χ3n) is 7.55. The molecule has 2 aliphatic heterocycles. The van der Waals surface area contributed by atoms with E-state index in [0.717, 1.165) is 49.6 Å². The van der Waals surface area contributed by atoms with Crippen LogP contribution < -0.4 is 10.6 Å². The van der Waals surface area contributed by atoms with Gasteiger partial charge >= 0.3 is 0 Å². The van der Waals surface area contributed by atoms with Crippen LogP contribution in [0.2, 0.25) is 0 Å². The lowest BCUT2D eigenvalue weighted by Gasteiger charge is -2.28. The Morgan fingerprint density at radius 2 is 1.97 bits per heavy atom. The molecule has 2 N–H and O–H groups in total. The molecular formula is C27H40N8O2. The fourth-order valence-corrected chi connectivity index (χ4v) is 4.98. The topological polar surface area (TPSA) is 100 Å². The van der Waals surface area contributed by atoms with Gasteiger partial charge in [-0.1, -0.05) is 0 Å². The third kappa shape index (κ3) is 6.06. The van der Waals surface area contributed by atoms with Crippen LogP contribution in [0.15, 0.2) is 24.9 Å². The molecule has 200 valence electrons. The van der Waals surface area contributed by atoms with E-state index in [2.05, 4.69) is 38.4 Å². The minimum Gasteiger partial charge on any atom is -0.499 e. The molecule has 10 heteroatoms. The molecule has 3 aliphatic rings. The maximum Gasteiger partial charge on any atom is 0.235 e. The Hall–Kier alpha value is -3.14. The van der Waals surface area contributed by atoms with Crippen LogP contribution in [-0.4, -0.2) is 75.3 Å². The molecule has 1 aliphatic carbocycles. The molecule has 0 radical (unpaired) electrons. The first-order valence-corrected chi connectivity index (χ1v) is 13.5. The highest BCUT2D eigenvalue weighted by Crippen LogP contribution is 2.43. The molecule has 1 saturated carbocycles. The lowest BCUT2D eigenvalue weighted by atomic mass is 9.93. The number of hydrogen-bond acceptors (Lipinski definition) is 8. The van der Waals surface area contributed by atoms with Crippen LogP contribution in [0, 0.1) is 12.3 Å². The number of ether oxygens (including phenoxy) is 1. The Morgan fingerprint density at radius 3 is 2.73 bits per heavy atom. The third-order valence-corrected chi connectivity index (χ3v) is 7.55. The second-order valence-corrected chi connectivity index (χ2v) is 11.3. The number of rotatable bonds is 9. The van der Waals surface area contributed by atoms with Gasteiger partial charge in [-0.05, 0) is 78.9 Å². The minimum atomic E-state index is -0.525. The largest absolute Gasteiger partial charge is 0.499 e. The van der Waals surface area contributed by atoms with Crippen molar-refractivity contribution in [3.8, 4) is 0 Å². The van der Waals surface area contributed by atoms with Crippen molar-refractivity contribution in [2.24, 2.45) is 5.41 Å². The first-order chi connectivity index (χ1) is 17.8. The van der Waals surface area contributed by atoms with Crippen molar-refractivity contribution >= 4 is 23.4 Å². The summed E-state index contributed by atoms with van der Waals surface area (Å²) < 4.78 is 7.56. The number of carbonyl (C=O) groups excluding carboxylic acids is 1. The first kappa shape index (κ1) is 25.5. The molecule has 0 spiro atoms. The Bertz CT molecular complexity index is 1130. The summed E-state index contributed by atoms with van der Waals surface area (Å²) >= 11 is 0. The van der Waals surface area contributed by atoms with Gasteiger partial charge in [-0.3, -0.25) is 9.48 Å². The zero-order chi connectivity index (χ0) is 26.0. The highest BCUT2D eigenvalue weighted by Gasteiger charge is 2.33. The molecule has 37 heavy (non-hydrogen) atoms. The molecule has 2 aromatic heterocycles. The van der Waals surface area contributed by atoms with Gasteiger partial charge in [0, 0.05) is 37.2 Å². The number of aryl methyl sites for hydroxylation is 1. The summed E-state index contributed by atoms with van der Waals surface area (Å²) in [5.74, 6) is 2.06. The Labute approximate surface area is 219 Å². The van der Waals surface area contributed by atoms with Crippen LogP contribution in [0.1, 0.15) is 69.2 Å². The summed E-state index contributed by atoms with van der Waals surface area (Å²) in [4.78, 5) is 26.4. The molecular weight excluding hydrogens is 468 g/mol. The minimum absolute atomic E-state index is 0.0876. The molecule has 10 nitrogen and oxygen atoms in total. The number of aromatic nitrogens is 4. The highest BCUT2D eigenvalue weighted by atomic mass is 16.5. The van der Waals surface area contributed by atoms with Crippen molar-refractivity contribution in [2.45, 2.75) is 64.8 Å². The van der Waals surface area contributed by atoms with E-state index in [4.69, 9.17) is 14.8 Å². The number of nitrogens with one attached hydrogen (secondary N) is 2. The SMILES string of the molecule is Cc1nn(C2CCN(C)CC2)cc1Nc1ncc(C2CC2)c(NCCCN2C=COCC(C)(C)C2=O)n1. The van der Waals surface area contributed by atoms with Crippen LogP contribution in [0.5, 0.6) is 0 Å². The van der Waals surface area contributed by atoms with Gasteiger partial charge in [0.1, 0.15) is 12.4 Å². The number of carbonyl (C=O) groups is 1. The van der Waals surface area contributed by atoms with Crippen molar-refractivity contribution in [2.75, 3.05) is 50.5 Å². The van der Waals surface area contributed by atoms with E-state index in [1.54, 1.807) is 17.4 Å². The molecule has 0 unspecified atom stereocenters. The first-order valence-electron chi connectivity index (χ1n) is 13.5. The van der Waals surface area contributed by atoms with Gasteiger partial charge in [0.15, 0.2) is 0 Å². The molecule has 2 fully saturated rings. The number of anilines is 3. The van der Waals surface area contributed by atoms with Gasteiger partial charge in [0.05, 0.1) is 29.1 Å². The summed E-state index contributed by atoms with van der Waals surface area (Å²) in [7, 11) is 2.17. The molecule has 4 heterocycles. The molecule has 0 atom stereocenters. The highest BCUT2D eigenvalue weighted by molar-refractivity contribution is 5.83. The Balaban J connectivity index is 1.22. The van der Waals surface area contributed by atoms with Gasteiger partial charge in [0.25, 0.3) is 0 Å². The van der Waals surface area contributed by atoms with Gasteiger partial charge in [-0.15, -0.1) is 0 Å². The second kappa shape index (κ2) is 10.7. The maximum atomic E-state index is 12.8. The van der Waals surface area contributed by atoms with Gasteiger partial charge < -0.3 is 25.2 Å². The zero-order valence-electron chi connectivity index (χ0n) is 22.5. The lowest BCUT2D eigenvalue weighted by Crippen LogP contribution is -2.39. The van der Waals surface area contributed by atoms with E-state index >= 15 is 0 Å². The van der Waals surface area contributed by atoms with E-state index in [1.807, 2.05) is 27.0 Å². The standard InChI is InChI=1S/C27H40N8O2/c1-19-23(17-35(32-19)21-8-12-33(4)13-9-21)30-26-29-16-22(20-6-7-20)24(31-26)28-10-5-11-34-14-15-37-18-27(2,3)25(34)36/h14-17,20-21H,5-13,18H2,1-4H3,(H2,28,29,30,31). The molecule has 0 aromatic carbocycles. The van der Waals surface area contributed by atoms with Crippen molar-refractivity contribution in [3.05, 3.63) is 36.1 Å². The molecule has 2 aromatic rings. The average molecular weight is 509 g/mol. The van der Waals surface area contributed by atoms with Crippen molar-refractivity contribution in [3.63, 3.8) is 0 Å². The van der Waals surface area contributed by atoms with E-state index in [-0.39, 0.29) is 5.91 Å². The van der Waals surface area contributed by atoms with E-state index in [9.17, 15) is 4.79 Å². The number of nitrogens with zero attached hydrogens (tertiary/aromatic N) is 6. The Kier molecular flexibility index (Phi) is 7.37. The smallest absolute Gasteiger partial charge is 0.235 e. The van der Waals surface area contributed by atoms with E-state index < -0.39 is 5.41 Å². The summed E-state index contributed by atoms with van der Waals surface area (Å²) in [6.07, 6.45) is 12.8. The zero-order valence-corrected chi connectivity index (χ0v) is 22.5. The molecule has 0 bridgehead atoms. The Morgan fingerprint density at radius 1 is 1.19 bits per heavy atom. The summed E-state index contributed by atoms with van der Waals surface area (Å²) in [6, 6.07) is 0.434. The number of likely N-dealkylation sites (tertiary alicyclic amines) is 1. The monoisotopic (exact) mass is 508 g/mol. The van der Waals surface area contributed by atoms with E-state index in [1.165, 1.54) is 18.4 Å². The van der Waals surface area contributed by atoms with E-state index in [0.29, 0.717) is 37.6 Å². The summed E-state index contributed by atoms with van der Waals surface area (Å²) in [6.45, 7) is 9.79. The summed E-state index contributed by atoms with van der Waals surface area (Å²) in [5.41, 5.74) is 2.54. The van der Waals surface area contributed by atoms with Gasteiger partial charge in [-0.25, -0.2) is 4.98 Å². The van der Waals surface area contributed by atoms with Crippen molar-refractivity contribution < 1.29 is 9.53 Å². The number of piperidine rings is 1. The quantitative estimate of drug-likeness (QED) is 0.490. The second-order valence-electron chi connectivity index (χ2n) is 11.3. The van der Waals surface area contributed by atoms with Crippen LogP contribution in [-0.2, 0) is 9.53 Å². The fraction of sp³-hybridized carbons (Fsp3) is 0.630. The van der Waals surface area contributed by atoms with Gasteiger partial charge in [-0.2, -0.15) is 10.1 Å². The average Bonchev–Trinajstić information content (AvgIpc) is 3.67. The lowest BCUT2D eigenvalue weighted by molar-refractivity contribution is -0.138. The van der Waals surface area contributed by atoms with Crippen molar-refractivity contribution in [1.82, 2.24) is 29.5 Å². The van der Waals surface area contributed by atoms with Crippen LogP contribution in [0.25, 0.3) is 0 Å². The van der Waals surface area contributed by atoms with Crippen LogP contribution >= 0.6 is 0 Å². The number of hydrogen-bond donors (Lipinski definition) is 2. The van der Waals surface area contributed by atoms with Gasteiger partial charge in [0.2, 0.25) is 11.9 Å². The maximum absolute atomic E-state index is 12.8. The molecule has 1 amide bonds. The van der Waals surface area contributed by atoms with Crippen molar-refractivity contribution in [1.29, 1.82) is 0 Å². The predicted octanol–water partition coefficient (Wildman–Crippen LogP) is 4.03.